The van der Waals surface area contributed by atoms with Gasteiger partial charge in [0.2, 0.25) is 5.91 Å². The minimum absolute atomic E-state index is 0.0612. The molecule has 1 aliphatic rings. The Morgan fingerprint density at radius 1 is 1.10 bits per heavy atom. The van der Waals surface area contributed by atoms with E-state index in [-0.39, 0.29) is 17.6 Å². The number of hydrogen-bond donors (Lipinski definition) is 1. The maximum Gasteiger partial charge on any atom is 0.251 e. The average molecular weight is 429 g/mol. The summed E-state index contributed by atoms with van der Waals surface area (Å²) in [7, 11) is 3.23. The lowest BCUT2D eigenvalue weighted by Gasteiger charge is -2.30. The molecule has 166 valence electrons. The Bertz CT molecular complexity index is 885. The highest BCUT2D eigenvalue weighted by Crippen LogP contribution is 2.27. The molecule has 1 heterocycles. The first-order chi connectivity index (χ1) is 14.9. The average Bonchev–Trinajstić information content (AvgIpc) is 3.21. The summed E-state index contributed by atoms with van der Waals surface area (Å²) in [6, 6.07) is 13.1. The van der Waals surface area contributed by atoms with Crippen molar-refractivity contribution in [2.24, 2.45) is 0 Å². The number of methoxy groups -OCH3 is 2. The van der Waals surface area contributed by atoms with Crippen molar-refractivity contribution in [3.8, 4) is 5.75 Å². The molecular formula is C24H29FN2O4. The van der Waals surface area contributed by atoms with Gasteiger partial charge in [0.25, 0.3) is 5.91 Å². The number of likely N-dealkylation sites (tertiary alicyclic amines) is 1. The number of ether oxygens (including phenoxy) is 2. The summed E-state index contributed by atoms with van der Waals surface area (Å²) in [5.74, 6) is 0.185. The number of nitrogens with zero attached hydrogens (tertiary/aromatic N) is 1. The Morgan fingerprint density at radius 3 is 2.45 bits per heavy atom. The maximum absolute atomic E-state index is 13.2. The topological polar surface area (TPSA) is 67.9 Å². The molecule has 1 saturated heterocycles. The first-order valence-electron chi connectivity index (χ1n) is 10.4. The molecule has 7 heteroatoms. The lowest BCUT2D eigenvalue weighted by atomic mass is 9.93. The van der Waals surface area contributed by atoms with Crippen molar-refractivity contribution in [2.75, 3.05) is 33.9 Å². The summed E-state index contributed by atoms with van der Waals surface area (Å²) in [4.78, 5) is 27.4. The van der Waals surface area contributed by atoms with Crippen LogP contribution < -0.4 is 10.1 Å². The van der Waals surface area contributed by atoms with Crippen LogP contribution in [0.15, 0.2) is 48.5 Å². The third kappa shape index (κ3) is 6.04. The van der Waals surface area contributed by atoms with Gasteiger partial charge in [-0.25, -0.2) is 4.39 Å². The molecule has 0 bridgehead atoms. The lowest BCUT2D eigenvalue weighted by molar-refractivity contribution is -0.130. The normalized spacial score (nSPS) is 18.1. The largest absolute Gasteiger partial charge is 0.497 e. The molecule has 1 N–H and O–H groups in total. The summed E-state index contributed by atoms with van der Waals surface area (Å²) >= 11 is 0. The number of nitrogens with one attached hydrogen (secondary N) is 1. The van der Waals surface area contributed by atoms with Gasteiger partial charge in [0, 0.05) is 38.8 Å². The number of halogens is 1. The molecule has 3 rings (SSSR count). The van der Waals surface area contributed by atoms with Crippen LogP contribution in [-0.2, 0) is 16.0 Å². The van der Waals surface area contributed by atoms with Crippen molar-refractivity contribution in [1.82, 2.24) is 10.2 Å². The van der Waals surface area contributed by atoms with E-state index in [0.717, 1.165) is 11.3 Å². The molecular weight excluding hydrogens is 399 g/mol. The monoisotopic (exact) mass is 428 g/mol. The van der Waals surface area contributed by atoms with Crippen LogP contribution in [0.1, 0.15) is 35.2 Å². The van der Waals surface area contributed by atoms with Crippen molar-refractivity contribution in [3.63, 3.8) is 0 Å². The highest BCUT2D eigenvalue weighted by atomic mass is 19.1. The highest BCUT2D eigenvalue weighted by molar-refractivity contribution is 5.94. The molecule has 0 aliphatic carbocycles. The Hall–Kier alpha value is -2.93. The van der Waals surface area contributed by atoms with Gasteiger partial charge in [0.15, 0.2) is 0 Å². The van der Waals surface area contributed by atoms with Crippen molar-refractivity contribution in [2.45, 2.75) is 31.2 Å². The van der Waals surface area contributed by atoms with Gasteiger partial charge in [0.05, 0.1) is 12.6 Å². The van der Waals surface area contributed by atoms with E-state index in [9.17, 15) is 14.0 Å². The van der Waals surface area contributed by atoms with E-state index < -0.39 is 5.54 Å². The second-order valence-electron chi connectivity index (χ2n) is 7.90. The smallest absolute Gasteiger partial charge is 0.251 e. The molecule has 1 unspecified atom stereocenters. The first-order valence-corrected chi connectivity index (χ1v) is 10.4. The molecule has 0 saturated carbocycles. The van der Waals surface area contributed by atoms with Crippen LogP contribution in [0.5, 0.6) is 5.75 Å². The molecule has 1 fully saturated rings. The van der Waals surface area contributed by atoms with E-state index in [1.165, 1.54) is 24.3 Å². The molecule has 6 nitrogen and oxygen atoms in total. The second-order valence-corrected chi connectivity index (χ2v) is 7.90. The van der Waals surface area contributed by atoms with Crippen LogP contribution in [0.4, 0.5) is 4.39 Å². The van der Waals surface area contributed by atoms with Crippen LogP contribution in [-0.4, -0.2) is 56.2 Å². The van der Waals surface area contributed by atoms with Gasteiger partial charge in [-0.1, -0.05) is 12.1 Å². The SMILES string of the molecule is COCCC1(NC(=O)c2ccc(F)cc2)CCN(C(=O)CCc2ccc(OC)cc2)C1. The second kappa shape index (κ2) is 10.4. The summed E-state index contributed by atoms with van der Waals surface area (Å²) in [5.41, 5.74) is 0.906. The number of carbonyl (C=O) groups is 2. The van der Waals surface area contributed by atoms with E-state index >= 15 is 0 Å². The predicted molar refractivity (Wildman–Crippen MR) is 116 cm³/mol. The van der Waals surface area contributed by atoms with Crippen molar-refractivity contribution >= 4 is 11.8 Å². The summed E-state index contributed by atoms with van der Waals surface area (Å²) in [6.45, 7) is 1.48. The molecule has 0 radical (unpaired) electrons. The van der Waals surface area contributed by atoms with Crippen molar-refractivity contribution < 1.29 is 23.5 Å². The third-order valence-electron chi connectivity index (χ3n) is 5.76. The minimum Gasteiger partial charge on any atom is -0.497 e. The minimum atomic E-state index is -0.558. The van der Waals surface area contributed by atoms with E-state index in [4.69, 9.17) is 9.47 Å². The van der Waals surface area contributed by atoms with Gasteiger partial charge in [0.1, 0.15) is 11.6 Å². The Balaban J connectivity index is 1.61. The number of benzene rings is 2. The van der Waals surface area contributed by atoms with Crippen LogP contribution in [0, 0.1) is 5.82 Å². The molecule has 2 amide bonds. The summed E-state index contributed by atoms with van der Waals surface area (Å²) in [5, 5.41) is 3.09. The van der Waals surface area contributed by atoms with E-state index in [1.807, 2.05) is 29.2 Å². The quantitative estimate of drug-likeness (QED) is 0.666. The fourth-order valence-corrected chi connectivity index (χ4v) is 3.87. The maximum atomic E-state index is 13.2. The zero-order valence-electron chi connectivity index (χ0n) is 18.0. The van der Waals surface area contributed by atoms with E-state index in [2.05, 4.69) is 5.32 Å². The molecule has 2 aromatic rings. The van der Waals surface area contributed by atoms with Gasteiger partial charge in [-0.05, 0) is 61.2 Å². The number of rotatable bonds is 9. The van der Waals surface area contributed by atoms with E-state index in [0.29, 0.717) is 50.9 Å². The fraction of sp³-hybridized carbons (Fsp3) is 0.417. The Morgan fingerprint density at radius 2 is 1.81 bits per heavy atom. The Kier molecular flexibility index (Phi) is 7.63. The van der Waals surface area contributed by atoms with Crippen molar-refractivity contribution in [1.29, 1.82) is 0 Å². The number of amides is 2. The van der Waals surface area contributed by atoms with Gasteiger partial charge in [-0.3, -0.25) is 9.59 Å². The molecule has 2 aromatic carbocycles. The van der Waals surface area contributed by atoms with Gasteiger partial charge >= 0.3 is 0 Å². The third-order valence-corrected chi connectivity index (χ3v) is 5.76. The zero-order chi connectivity index (χ0) is 22.3. The fourth-order valence-electron chi connectivity index (χ4n) is 3.87. The molecule has 31 heavy (non-hydrogen) atoms. The van der Waals surface area contributed by atoms with Gasteiger partial charge in [-0.2, -0.15) is 0 Å². The van der Waals surface area contributed by atoms with Gasteiger partial charge in [-0.15, -0.1) is 0 Å². The van der Waals surface area contributed by atoms with Crippen LogP contribution in [0.3, 0.4) is 0 Å². The van der Waals surface area contributed by atoms with Crippen LogP contribution in [0.25, 0.3) is 0 Å². The van der Waals surface area contributed by atoms with Crippen LogP contribution >= 0.6 is 0 Å². The standard InChI is InChI=1S/C24H29FN2O4/c1-30-16-14-24(26-23(29)19-6-8-20(25)9-7-19)13-15-27(17-24)22(28)12-5-18-3-10-21(31-2)11-4-18/h3-4,6-11H,5,12-17H2,1-2H3,(H,26,29). The Labute approximate surface area is 182 Å². The predicted octanol–water partition coefficient (Wildman–Crippen LogP) is 3.20. The van der Waals surface area contributed by atoms with Crippen molar-refractivity contribution in [3.05, 3.63) is 65.5 Å². The lowest BCUT2D eigenvalue weighted by Crippen LogP contribution is -2.51. The summed E-state index contributed by atoms with van der Waals surface area (Å²) in [6.07, 6.45) is 2.29. The van der Waals surface area contributed by atoms with Crippen LogP contribution in [0.2, 0.25) is 0 Å². The number of aryl methyl sites for hydroxylation is 1. The number of hydrogen-bond acceptors (Lipinski definition) is 4. The molecule has 0 spiro atoms. The van der Waals surface area contributed by atoms with Gasteiger partial charge < -0.3 is 19.7 Å². The summed E-state index contributed by atoms with van der Waals surface area (Å²) < 4.78 is 23.6. The molecule has 1 aliphatic heterocycles. The molecule has 0 aromatic heterocycles. The zero-order valence-corrected chi connectivity index (χ0v) is 18.0. The van der Waals surface area contributed by atoms with E-state index in [1.54, 1.807) is 14.2 Å². The molecule has 1 atom stereocenters. The first kappa shape index (κ1) is 22.7. The highest BCUT2D eigenvalue weighted by Gasteiger charge is 2.40. The number of carbonyl (C=O) groups excluding carboxylic acids is 2.